The van der Waals surface area contributed by atoms with E-state index in [1.54, 1.807) is 10.9 Å². The molecule has 1 aliphatic rings. The first-order chi connectivity index (χ1) is 13.6. The van der Waals surface area contributed by atoms with E-state index in [4.69, 9.17) is 4.74 Å². The second-order valence-corrected chi connectivity index (χ2v) is 6.38. The Bertz CT molecular complexity index is 926. The molecule has 28 heavy (non-hydrogen) atoms. The van der Waals surface area contributed by atoms with Gasteiger partial charge in [-0.25, -0.2) is 14.6 Å². The van der Waals surface area contributed by atoms with Crippen molar-refractivity contribution in [1.82, 2.24) is 29.9 Å². The fraction of sp³-hybridized carbons (Fsp3) is 0.500. The number of alkyl halides is 2. The third-order valence-corrected chi connectivity index (χ3v) is 4.64. The molecular formula is C16H19F2N7O3. The number of fused-ring (bicyclic) bond motifs is 1. The van der Waals surface area contributed by atoms with Crippen LogP contribution in [0.15, 0.2) is 18.5 Å². The van der Waals surface area contributed by atoms with E-state index < -0.39 is 6.61 Å². The molecule has 1 atom stereocenters. The zero-order chi connectivity index (χ0) is 19.5. The molecule has 1 aliphatic heterocycles. The Kier molecular flexibility index (Phi) is 5.30. The Morgan fingerprint density at radius 2 is 2.18 bits per heavy atom. The molecule has 150 valence electrons. The number of hydrogen-bond donors (Lipinski definition) is 3. The van der Waals surface area contributed by atoms with Crippen LogP contribution in [-0.2, 0) is 4.74 Å². The minimum atomic E-state index is -2.96. The third kappa shape index (κ3) is 3.87. The van der Waals surface area contributed by atoms with Gasteiger partial charge in [0.05, 0.1) is 25.0 Å². The topological polar surface area (TPSA) is 123 Å². The molecule has 0 aromatic carbocycles. The van der Waals surface area contributed by atoms with Crippen molar-refractivity contribution in [3.8, 4) is 5.88 Å². The summed E-state index contributed by atoms with van der Waals surface area (Å²) >= 11 is 0. The summed E-state index contributed by atoms with van der Waals surface area (Å²) in [6.07, 6.45) is 4.75. The van der Waals surface area contributed by atoms with Crippen LogP contribution in [0.3, 0.4) is 0 Å². The molecule has 3 N–H and O–H groups in total. The van der Waals surface area contributed by atoms with Crippen molar-refractivity contribution in [3.05, 3.63) is 18.5 Å². The second kappa shape index (κ2) is 8.02. The number of halogens is 2. The van der Waals surface area contributed by atoms with Gasteiger partial charge in [-0.2, -0.15) is 13.9 Å². The quantitative estimate of drug-likeness (QED) is 0.554. The lowest BCUT2D eigenvalue weighted by atomic mass is 9.92. The van der Waals surface area contributed by atoms with Gasteiger partial charge in [0.15, 0.2) is 11.5 Å². The zero-order valence-electron chi connectivity index (χ0n) is 14.8. The normalized spacial score (nSPS) is 16.6. The summed E-state index contributed by atoms with van der Waals surface area (Å²) in [5, 5.41) is 23.4. The third-order valence-electron chi connectivity index (χ3n) is 4.64. The molecule has 3 aromatic heterocycles. The number of aliphatic hydroxyl groups excluding tert-OH is 1. The first kappa shape index (κ1) is 18.5. The predicted molar refractivity (Wildman–Crippen MR) is 93.5 cm³/mol. The van der Waals surface area contributed by atoms with Crippen LogP contribution in [0.1, 0.15) is 18.9 Å². The number of ether oxygens (including phenoxy) is 2. The molecule has 1 saturated heterocycles. The van der Waals surface area contributed by atoms with Crippen molar-refractivity contribution in [3.63, 3.8) is 0 Å². The molecule has 0 unspecified atom stereocenters. The minimum absolute atomic E-state index is 0.0738. The fourth-order valence-corrected chi connectivity index (χ4v) is 3.31. The molecule has 12 heteroatoms. The summed E-state index contributed by atoms with van der Waals surface area (Å²) in [6.45, 7) is -1.72. The SMILES string of the molecule is OC[C@@H](C1CCOCC1)n1ncc2ncc(Nc3cc(OC(F)F)n[nH]3)nc21. The number of nitrogens with one attached hydrogen (secondary N) is 2. The van der Waals surface area contributed by atoms with Crippen molar-refractivity contribution >= 4 is 22.8 Å². The van der Waals surface area contributed by atoms with Crippen LogP contribution in [0.25, 0.3) is 11.2 Å². The van der Waals surface area contributed by atoms with Crippen LogP contribution in [0.5, 0.6) is 5.88 Å². The number of nitrogens with zero attached hydrogens (tertiary/aromatic N) is 5. The Morgan fingerprint density at radius 3 is 2.93 bits per heavy atom. The molecule has 4 heterocycles. The highest BCUT2D eigenvalue weighted by Crippen LogP contribution is 2.29. The first-order valence-electron chi connectivity index (χ1n) is 8.80. The highest BCUT2D eigenvalue weighted by molar-refractivity contribution is 5.72. The van der Waals surface area contributed by atoms with E-state index in [2.05, 4.69) is 35.3 Å². The summed E-state index contributed by atoms with van der Waals surface area (Å²) in [5.41, 5.74) is 1.10. The Morgan fingerprint density at radius 1 is 1.36 bits per heavy atom. The lowest BCUT2D eigenvalue weighted by Gasteiger charge is -2.29. The van der Waals surface area contributed by atoms with Crippen molar-refractivity contribution < 1.29 is 23.4 Å². The number of aliphatic hydroxyl groups is 1. The van der Waals surface area contributed by atoms with Gasteiger partial charge in [-0.3, -0.25) is 5.10 Å². The standard InChI is InChI=1S/C16H19F2N7O3/c17-16(18)28-14-5-12(23-24-14)21-13-7-19-10-6-20-25(15(10)22-13)11(8-26)9-1-3-27-4-2-9/h5-7,9,11,16,26H,1-4,8H2,(H2,21,22,23,24)/t11-/m0/s1. The Labute approximate surface area is 157 Å². The van der Waals surface area contributed by atoms with Gasteiger partial charge in [-0.15, -0.1) is 5.10 Å². The summed E-state index contributed by atoms with van der Waals surface area (Å²) in [7, 11) is 0. The molecular weight excluding hydrogens is 376 g/mol. The monoisotopic (exact) mass is 395 g/mol. The van der Waals surface area contributed by atoms with Gasteiger partial charge in [0.25, 0.3) is 0 Å². The number of anilines is 2. The van der Waals surface area contributed by atoms with Crippen molar-refractivity contribution in [2.24, 2.45) is 5.92 Å². The van der Waals surface area contributed by atoms with Gasteiger partial charge >= 0.3 is 6.61 Å². The predicted octanol–water partition coefficient (Wildman–Crippen LogP) is 1.85. The molecule has 0 amide bonds. The summed E-state index contributed by atoms with van der Waals surface area (Å²) in [4.78, 5) is 8.83. The first-order valence-corrected chi connectivity index (χ1v) is 8.80. The van der Waals surface area contributed by atoms with Crippen LogP contribution in [-0.4, -0.2) is 61.5 Å². The number of aromatic nitrogens is 6. The van der Waals surface area contributed by atoms with Gasteiger partial charge in [0, 0.05) is 19.3 Å². The molecule has 3 aromatic rings. The van der Waals surface area contributed by atoms with Gasteiger partial charge in [0.1, 0.15) is 11.3 Å². The maximum absolute atomic E-state index is 12.2. The average Bonchev–Trinajstić information content (AvgIpc) is 3.30. The van der Waals surface area contributed by atoms with Gasteiger partial charge in [0.2, 0.25) is 5.88 Å². The molecule has 0 saturated carbocycles. The lowest BCUT2D eigenvalue weighted by molar-refractivity contribution is -0.0528. The Balaban J connectivity index is 1.57. The molecule has 4 rings (SSSR count). The Hall–Kier alpha value is -2.86. The number of hydrogen-bond acceptors (Lipinski definition) is 8. The smallest absolute Gasteiger partial charge is 0.388 e. The van der Waals surface area contributed by atoms with E-state index in [1.165, 1.54) is 12.3 Å². The van der Waals surface area contributed by atoms with Gasteiger partial charge in [-0.05, 0) is 18.8 Å². The maximum atomic E-state index is 12.2. The highest BCUT2D eigenvalue weighted by atomic mass is 19.3. The van der Waals surface area contributed by atoms with Crippen molar-refractivity contribution in [2.45, 2.75) is 25.5 Å². The van der Waals surface area contributed by atoms with Gasteiger partial charge < -0.3 is 19.9 Å². The average molecular weight is 395 g/mol. The summed E-state index contributed by atoms with van der Waals surface area (Å²) in [6, 6.07) is 1.05. The largest absolute Gasteiger partial charge is 0.415 e. The second-order valence-electron chi connectivity index (χ2n) is 6.38. The molecule has 0 radical (unpaired) electrons. The zero-order valence-corrected chi connectivity index (χ0v) is 14.8. The van der Waals surface area contributed by atoms with Gasteiger partial charge in [-0.1, -0.05) is 0 Å². The van der Waals surface area contributed by atoms with E-state index in [9.17, 15) is 13.9 Å². The van der Waals surface area contributed by atoms with Crippen LogP contribution < -0.4 is 10.1 Å². The molecule has 0 bridgehead atoms. The van der Waals surface area contributed by atoms with E-state index >= 15 is 0 Å². The van der Waals surface area contributed by atoms with E-state index in [0.717, 1.165) is 12.8 Å². The van der Waals surface area contributed by atoms with Crippen LogP contribution in [0.4, 0.5) is 20.4 Å². The van der Waals surface area contributed by atoms with Crippen LogP contribution in [0, 0.1) is 5.92 Å². The van der Waals surface area contributed by atoms with Crippen LogP contribution >= 0.6 is 0 Å². The van der Waals surface area contributed by atoms with E-state index in [1.807, 2.05) is 0 Å². The lowest BCUT2D eigenvalue weighted by Crippen LogP contribution is -2.29. The highest BCUT2D eigenvalue weighted by Gasteiger charge is 2.27. The minimum Gasteiger partial charge on any atom is -0.415 e. The van der Waals surface area contributed by atoms with Crippen molar-refractivity contribution in [1.29, 1.82) is 0 Å². The molecule has 0 aliphatic carbocycles. The molecule has 10 nitrogen and oxygen atoms in total. The number of rotatable bonds is 7. The molecule has 0 spiro atoms. The molecule has 1 fully saturated rings. The van der Waals surface area contributed by atoms with E-state index in [0.29, 0.717) is 36.0 Å². The summed E-state index contributed by atoms with van der Waals surface area (Å²) < 4.78 is 35.8. The number of aromatic amines is 1. The van der Waals surface area contributed by atoms with Crippen LogP contribution in [0.2, 0.25) is 0 Å². The summed E-state index contributed by atoms with van der Waals surface area (Å²) in [5.74, 6) is 0.669. The van der Waals surface area contributed by atoms with E-state index in [-0.39, 0.29) is 24.4 Å². The fourth-order valence-electron chi connectivity index (χ4n) is 3.31. The van der Waals surface area contributed by atoms with Crippen molar-refractivity contribution in [2.75, 3.05) is 25.1 Å². The number of H-pyrrole nitrogens is 1. The maximum Gasteiger partial charge on any atom is 0.388 e.